The first-order valence-electron chi connectivity index (χ1n) is 7.65. The van der Waals surface area contributed by atoms with Crippen molar-refractivity contribution in [3.8, 4) is 0 Å². The maximum Gasteiger partial charge on any atom is 0.418 e. The van der Waals surface area contributed by atoms with Crippen LogP contribution in [0.3, 0.4) is 0 Å². The lowest BCUT2D eigenvalue weighted by atomic mass is 10.1. The Bertz CT molecular complexity index is 744. The summed E-state index contributed by atoms with van der Waals surface area (Å²) in [6.45, 7) is 4.82. The minimum absolute atomic E-state index is 0.00355. The van der Waals surface area contributed by atoms with Gasteiger partial charge < -0.3 is 10.2 Å². The minimum Gasteiger partial charge on any atom is -0.354 e. The SMILES string of the molecule is CCN(CC)C(=O)c1ccc(Nc2ccc(Cl)cc2C(F)(F)F)cn1. The van der Waals surface area contributed by atoms with Crippen LogP contribution in [-0.2, 0) is 6.18 Å². The van der Waals surface area contributed by atoms with E-state index in [9.17, 15) is 18.0 Å². The van der Waals surface area contributed by atoms with Crippen molar-refractivity contribution < 1.29 is 18.0 Å². The molecule has 2 rings (SSSR count). The molecular weight excluding hydrogens is 355 g/mol. The van der Waals surface area contributed by atoms with Gasteiger partial charge in [0.2, 0.25) is 0 Å². The van der Waals surface area contributed by atoms with Crippen LogP contribution in [0.1, 0.15) is 29.9 Å². The monoisotopic (exact) mass is 371 g/mol. The van der Waals surface area contributed by atoms with E-state index in [1.54, 1.807) is 4.90 Å². The van der Waals surface area contributed by atoms with Gasteiger partial charge in [-0.3, -0.25) is 4.79 Å². The Labute approximate surface area is 148 Å². The molecule has 2 aromatic rings. The lowest BCUT2D eigenvalue weighted by Crippen LogP contribution is -2.31. The molecule has 0 saturated carbocycles. The molecule has 1 N–H and O–H groups in total. The molecule has 25 heavy (non-hydrogen) atoms. The molecule has 0 aliphatic heterocycles. The van der Waals surface area contributed by atoms with Gasteiger partial charge in [0.15, 0.2) is 0 Å². The van der Waals surface area contributed by atoms with E-state index in [2.05, 4.69) is 10.3 Å². The van der Waals surface area contributed by atoms with Crippen LogP contribution >= 0.6 is 11.6 Å². The molecule has 1 aromatic heterocycles. The van der Waals surface area contributed by atoms with Gasteiger partial charge in [0.05, 0.1) is 23.1 Å². The van der Waals surface area contributed by atoms with Gasteiger partial charge in [-0.05, 0) is 44.2 Å². The number of pyridine rings is 1. The number of anilines is 2. The molecule has 8 heteroatoms. The highest BCUT2D eigenvalue weighted by molar-refractivity contribution is 6.30. The third kappa shape index (κ3) is 4.63. The summed E-state index contributed by atoms with van der Waals surface area (Å²) in [5, 5.41) is 2.66. The van der Waals surface area contributed by atoms with Crippen molar-refractivity contribution >= 4 is 28.9 Å². The standard InChI is InChI=1S/C17H17ClF3N3O/c1-3-24(4-2)16(25)15-8-6-12(10-22-15)23-14-7-5-11(18)9-13(14)17(19,20)21/h5-10,23H,3-4H2,1-2H3. The van der Waals surface area contributed by atoms with Crippen LogP contribution in [0.4, 0.5) is 24.5 Å². The predicted molar refractivity (Wildman–Crippen MR) is 91.2 cm³/mol. The van der Waals surface area contributed by atoms with Gasteiger partial charge in [0.25, 0.3) is 5.91 Å². The van der Waals surface area contributed by atoms with E-state index in [0.717, 1.165) is 6.07 Å². The molecule has 0 aliphatic carbocycles. The molecule has 0 unspecified atom stereocenters. The van der Waals surface area contributed by atoms with Gasteiger partial charge in [-0.25, -0.2) is 4.98 Å². The number of carbonyl (C=O) groups is 1. The molecule has 0 atom stereocenters. The quantitative estimate of drug-likeness (QED) is 0.806. The average molecular weight is 372 g/mol. The highest BCUT2D eigenvalue weighted by atomic mass is 35.5. The smallest absolute Gasteiger partial charge is 0.354 e. The third-order valence-electron chi connectivity index (χ3n) is 3.60. The molecule has 1 aromatic carbocycles. The first-order valence-corrected chi connectivity index (χ1v) is 8.03. The second-order valence-corrected chi connectivity index (χ2v) is 5.66. The summed E-state index contributed by atoms with van der Waals surface area (Å²) in [6.07, 6.45) is -3.22. The number of halogens is 4. The molecule has 1 heterocycles. The molecule has 1 amide bonds. The third-order valence-corrected chi connectivity index (χ3v) is 3.83. The zero-order valence-corrected chi connectivity index (χ0v) is 14.4. The van der Waals surface area contributed by atoms with Crippen LogP contribution in [0.2, 0.25) is 5.02 Å². The van der Waals surface area contributed by atoms with Crippen molar-refractivity contribution in [2.75, 3.05) is 18.4 Å². The second-order valence-electron chi connectivity index (χ2n) is 5.22. The molecule has 0 radical (unpaired) electrons. The average Bonchev–Trinajstić information content (AvgIpc) is 2.57. The number of benzene rings is 1. The summed E-state index contributed by atoms with van der Waals surface area (Å²) in [5.74, 6) is -0.223. The van der Waals surface area contributed by atoms with Crippen molar-refractivity contribution in [1.82, 2.24) is 9.88 Å². The van der Waals surface area contributed by atoms with Gasteiger partial charge in [0, 0.05) is 18.1 Å². The molecule has 0 spiro atoms. The Kier molecular flexibility index (Phi) is 5.89. The lowest BCUT2D eigenvalue weighted by molar-refractivity contribution is -0.136. The van der Waals surface area contributed by atoms with Crippen LogP contribution in [0.25, 0.3) is 0 Å². The summed E-state index contributed by atoms with van der Waals surface area (Å²) in [4.78, 5) is 17.8. The maximum atomic E-state index is 13.1. The number of nitrogens with zero attached hydrogens (tertiary/aromatic N) is 2. The number of hydrogen-bond acceptors (Lipinski definition) is 3. The minimum atomic E-state index is -4.54. The Hall–Kier alpha value is -2.28. The molecule has 0 fully saturated rings. The fourth-order valence-electron chi connectivity index (χ4n) is 2.28. The molecule has 134 valence electrons. The second kappa shape index (κ2) is 7.74. The van der Waals surface area contributed by atoms with Gasteiger partial charge >= 0.3 is 6.18 Å². The van der Waals surface area contributed by atoms with E-state index >= 15 is 0 Å². The van der Waals surface area contributed by atoms with Gasteiger partial charge in [-0.15, -0.1) is 0 Å². The van der Waals surface area contributed by atoms with Crippen LogP contribution in [0.15, 0.2) is 36.5 Å². The number of nitrogens with one attached hydrogen (secondary N) is 1. The zero-order chi connectivity index (χ0) is 18.6. The lowest BCUT2D eigenvalue weighted by Gasteiger charge is -2.18. The van der Waals surface area contributed by atoms with Crippen LogP contribution in [-0.4, -0.2) is 28.9 Å². The van der Waals surface area contributed by atoms with Gasteiger partial charge in [0.1, 0.15) is 5.69 Å². The van der Waals surface area contributed by atoms with E-state index < -0.39 is 11.7 Å². The van der Waals surface area contributed by atoms with E-state index in [0.29, 0.717) is 18.8 Å². The highest BCUT2D eigenvalue weighted by Crippen LogP contribution is 2.37. The Morgan fingerprint density at radius 1 is 1.20 bits per heavy atom. The molecule has 4 nitrogen and oxygen atoms in total. The molecule has 0 saturated heterocycles. The number of hydrogen-bond donors (Lipinski definition) is 1. The van der Waals surface area contributed by atoms with E-state index in [1.165, 1.54) is 30.5 Å². The topological polar surface area (TPSA) is 45.2 Å². The van der Waals surface area contributed by atoms with Crippen molar-refractivity contribution in [3.63, 3.8) is 0 Å². The predicted octanol–water partition coefficient (Wildman–Crippen LogP) is 4.98. The Morgan fingerprint density at radius 2 is 1.88 bits per heavy atom. The summed E-state index contributed by atoms with van der Waals surface area (Å²) in [6, 6.07) is 6.46. The van der Waals surface area contributed by atoms with Crippen molar-refractivity contribution in [3.05, 3.63) is 52.8 Å². The first-order chi connectivity index (χ1) is 11.8. The molecule has 0 bridgehead atoms. The Balaban J connectivity index is 2.24. The van der Waals surface area contributed by atoms with Crippen LogP contribution in [0, 0.1) is 0 Å². The number of alkyl halides is 3. The van der Waals surface area contributed by atoms with Crippen molar-refractivity contribution in [2.24, 2.45) is 0 Å². The van der Waals surface area contributed by atoms with Gasteiger partial charge in [-0.2, -0.15) is 13.2 Å². The zero-order valence-electron chi connectivity index (χ0n) is 13.7. The number of aromatic nitrogens is 1. The van der Waals surface area contributed by atoms with Gasteiger partial charge in [-0.1, -0.05) is 11.6 Å². The summed E-state index contributed by atoms with van der Waals surface area (Å²) in [5.41, 5.74) is -0.435. The fourth-order valence-corrected chi connectivity index (χ4v) is 2.45. The Morgan fingerprint density at radius 3 is 2.40 bits per heavy atom. The van der Waals surface area contributed by atoms with Crippen molar-refractivity contribution in [1.29, 1.82) is 0 Å². The van der Waals surface area contributed by atoms with Crippen LogP contribution < -0.4 is 5.32 Å². The largest absolute Gasteiger partial charge is 0.418 e. The molecule has 0 aliphatic rings. The van der Waals surface area contributed by atoms with Crippen LogP contribution in [0.5, 0.6) is 0 Å². The summed E-state index contributed by atoms with van der Waals surface area (Å²) in [7, 11) is 0. The summed E-state index contributed by atoms with van der Waals surface area (Å²) < 4.78 is 39.3. The molecular formula is C17H17ClF3N3O. The summed E-state index contributed by atoms with van der Waals surface area (Å²) >= 11 is 5.66. The van der Waals surface area contributed by atoms with E-state index in [4.69, 9.17) is 11.6 Å². The first kappa shape index (κ1) is 19.1. The highest BCUT2D eigenvalue weighted by Gasteiger charge is 2.33. The number of rotatable bonds is 5. The van der Waals surface area contributed by atoms with Crippen molar-refractivity contribution in [2.45, 2.75) is 20.0 Å². The maximum absolute atomic E-state index is 13.1. The van der Waals surface area contributed by atoms with E-state index in [-0.39, 0.29) is 22.3 Å². The fraction of sp³-hybridized carbons (Fsp3) is 0.294. The normalized spacial score (nSPS) is 11.3. The number of carbonyl (C=O) groups excluding carboxylic acids is 1. The van der Waals surface area contributed by atoms with E-state index in [1.807, 2.05) is 13.8 Å². The number of amides is 1.